The quantitative estimate of drug-likeness (QED) is 0.689. The van der Waals surface area contributed by atoms with Gasteiger partial charge in [-0.15, -0.1) is 0 Å². The van der Waals surface area contributed by atoms with Crippen molar-refractivity contribution in [2.75, 3.05) is 13.1 Å². The summed E-state index contributed by atoms with van der Waals surface area (Å²) < 4.78 is 0. The van der Waals surface area contributed by atoms with Gasteiger partial charge in [0.05, 0.1) is 0 Å². The third-order valence-corrected chi connectivity index (χ3v) is 2.24. The average Bonchev–Trinajstić information content (AvgIpc) is 2.04. The van der Waals surface area contributed by atoms with Crippen molar-refractivity contribution in [1.29, 1.82) is 0 Å². The average molecular weight is 202 g/mol. The minimum absolute atomic E-state index is 0.433. The first-order valence-electron chi connectivity index (χ1n) is 5.17. The summed E-state index contributed by atoms with van der Waals surface area (Å²) in [5.41, 5.74) is 0. The summed E-state index contributed by atoms with van der Waals surface area (Å²) in [5, 5.41) is 4.15. The molecule has 0 saturated carbocycles. The van der Waals surface area contributed by atoms with Crippen LogP contribution < -0.4 is 5.32 Å². The zero-order valence-corrected chi connectivity index (χ0v) is 10.1. The van der Waals surface area contributed by atoms with Crippen LogP contribution in [0.5, 0.6) is 0 Å². The Morgan fingerprint density at radius 2 is 2.00 bits per heavy atom. The summed E-state index contributed by atoms with van der Waals surface area (Å²) >= 11 is 5.28. The van der Waals surface area contributed by atoms with Crippen LogP contribution in [0.15, 0.2) is 0 Å². The second-order valence-corrected chi connectivity index (χ2v) is 3.92. The molecule has 0 aliphatic rings. The Kier molecular flexibility index (Phi) is 6.96. The number of nitrogens with one attached hydrogen (secondary N) is 1. The number of thiocarbonyl (C=S) groups is 1. The molecule has 0 heterocycles. The van der Waals surface area contributed by atoms with Gasteiger partial charge in [-0.1, -0.05) is 13.3 Å². The van der Waals surface area contributed by atoms with Crippen molar-refractivity contribution in [2.45, 2.75) is 46.6 Å². The fourth-order valence-electron chi connectivity index (χ4n) is 1.09. The molecule has 0 aromatic heterocycles. The highest BCUT2D eigenvalue weighted by Gasteiger charge is 2.06. The van der Waals surface area contributed by atoms with Crippen molar-refractivity contribution in [3.8, 4) is 0 Å². The predicted molar refractivity (Wildman–Crippen MR) is 63.0 cm³/mol. The maximum absolute atomic E-state index is 5.28. The Hall–Kier alpha value is -0.310. The molecule has 3 heteroatoms. The Balaban J connectivity index is 3.84. The third-order valence-electron chi connectivity index (χ3n) is 1.86. The van der Waals surface area contributed by atoms with E-state index in [0.29, 0.717) is 6.04 Å². The molecule has 0 atom stereocenters. The normalized spacial score (nSPS) is 10.2. The smallest absolute Gasteiger partial charge is 0.169 e. The number of nitrogens with zero attached hydrogens (tertiary/aromatic N) is 1. The molecule has 0 radical (unpaired) electrons. The molecule has 13 heavy (non-hydrogen) atoms. The van der Waals surface area contributed by atoms with Crippen molar-refractivity contribution >= 4 is 17.3 Å². The molecule has 0 fully saturated rings. The molecule has 2 nitrogen and oxygen atoms in total. The third kappa shape index (κ3) is 5.86. The Labute approximate surface area is 87.7 Å². The largest absolute Gasteiger partial charge is 0.360 e. The van der Waals surface area contributed by atoms with E-state index in [1.54, 1.807) is 0 Å². The predicted octanol–water partition coefficient (Wildman–Crippen LogP) is 2.39. The van der Waals surface area contributed by atoms with Gasteiger partial charge in [0.2, 0.25) is 0 Å². The molecule has 0 aromatic rings. The van der Waals surface area contributed by atoms with E-state index < -0.39 is 0 Å². The van der Waals surface area contributed by atoms with Crippen molar-refractivity contribution in [1.82, 2.24) is 10.2 Å². The summed E-state index contributed by atoms with van der Waals surface area (Å²) in [5.74, 6) is 0. The van der Waals surface area contributed by atoms with E-state index >= 15 is 0 Å². The summed E-state index contributed by atoms with van der Waals surface area (Å²) in [7, 11) is 0. The van der Waals surface area contributed by atoms with Crippen LogP contribution in [0, 0.1) is 0 Å². The van der Waals surface area contributed by atoms with Gasteiger partial charge in [0.15, 0.2) is 5.11 Å². The van der Waals surface area contributed by atoms with Crippen molar-refractivity contribution in [2.24, 2.45) is 0 Å². The summed E-state index contributed by atoms with van der Waals surface area (Å²) in [6.07, 6.45) is 2.44. The van der Waals surface area contributed by atoms with Crippen molar-refractivity contribution < 1.29 is 0 Å². The van der Waals surface area contributed by atoms with Crippen LogP contribution in [0.2, 0.25) is 0 Å². The number of rotatable bonds is 5. The van der Waals surface area contributed by atoms with Gasteiger partial charge >= 0.3 is 0 Å². The number of hydrogen-bond acceptors (Lipinski definition) is 1. The summed E-state index contributed by atoms with van der Waals surface area (Å²) in [6, 6.07) is 0.433. The Morgan fingerprint density at radius 3 is 2.38 bits per heavy atom. The van der Waals surface area contributed by atoms with Gasteiger partial charge in [-0.25, -0.2) is 0 Å². The number of hydrogen-bond donors (Lipinski definition) is 1. The lowest BCUT2D eigenvalue weighted by molar-refractivity contribution is 0.416. The van der Waals surface area contributed by atoms with Gasteiger partial charge in [-0.3, -0.25) is 0 Å². The van der Waals surface area contributed by atoms with Gasteiger partial charge in [-0.2, -0.15) is 0 Å². The molecule has 0 bridgehead atoms. The lowest BCUT2D eigenvalue weighted by Gasteiger charge is -2.25. The van der Waals surface area contributed by atoms with Crippen LogP contribution in [0.4, 0.5) is 0 Å². The zero-order valence-electron chi connectivity index (χ0n) is 9.26. The molecule has 0 aliphatic carbocycles. The van der Waals surface area contributed by atoms with E-state index in [9.17, 15) is 0 Å². The molecule has 0 rings (SSSR count). The molecular formula is C10H22N2S. The first kappa shape index (κ1) is 12.7. The van der Waals surface area contributed by atoms with Crippen molar-refractivity contribution in [3.05, 3.63) is 0 Å². The lowest BCUT2D eigenvalue weighted by atomic mass is 10.3. The number of unbranched alkanes of at least 4 members (excludes halogenated alkanes) is 1. The highest BCUT2D eigenvalue weighted by Crippen LogP contribution is 1.96. The highest BCUT2D eigenvalue weighted by atomic mass is 32.1. The van der Waals surface area contributed by atoms with Crippen LogP contribution in [0.3, 0.4) is 0 Å². The first-order chi connectivity index (χ1) is 6.11. The minimum Gasteiger partial charge on any atom is -0.360 e. The van der Waals surface area contributed by atoms with E-state index in [-0.39, 0.29) is 0 Å². The van der Waals surface area contributed by atoms with Crippen molar-refractivity contribution in [3.63, 3.8) is 0 Å². The molecule has 0 amide bonds. The van der Waals surface area contributed by atoms with Gasteiger partial charge < -0.3 is 10.2 Å². The maximum Gasteiger partial charge on any atom is 0.169 e. The summed E-state index contributed by atoms with van der Waals surface area (Å²) in [6.45, 7) is 10.6. The van der Waals surface area contributed by atoms with E-state index in [4.69, 9.17) is 12.2 Å². The van der Waals surface area contributed by atoms with Crippen LogP contribution in [0.25, 0.3) is 0 Å². The standard InChI is InChI=1S/C10H22N2S/c1-5-7-8-12(6-2)10(13)11-9(3)4/h9H,5-8H2,1-4H3,(H,11,13). The lowest BCUT2D eigenvalue weighted by Crippen LogP contribution is -2.43. The second-order valence-electron chi connectivity index (χ2n) is 3.54. The van der Waals surface area contributed by atoms with E-state index in [1.807, 2.05) is 0 Å². The van der Waals surface area contributed by atoms with Gasteiger partial charge in [0.1, 0.15) is 0 Å². The van der Waals surface area contributed by atoms with Crippen LogP contribution in [-0.2, 0) is 0 Å². The highest BCUT2D eigenvalue weighted by molar-refractivity contribution is 7.80. The van der Waals surface area contributed by atoms with E-state index in [2.05, 4.69) is 37.9 Å². The molecule has 0 unspecified atom stereocenters. The second kappa shape index (κ2) is 7.13. The first-order valence-corrected chi connectivity index (χ1v) is 5.58. The fourth-order valence-corrected chi connectivity index (χ4v) is 1.55. The van der Waals surface area contributed by atoms with Gasteiger partial charge in [-0.05, 0) is 39.4 Å². The topological polar surface area (TPSA) is 15.3 Å². The fraction of sp³-hybridized carbons (Fsp3) is 0.900. The van der Waals surface area contributed by atoms with Gasteiger partial charge in [0, 0.05) is 19.1 Å². The molecular weight excluding hydrogens is 180 g/mol. The molecule has 0 spiro atoms. The molecule has 1 N–H and O–H groups in total. The van der Waals surface area contributed by atoms with Crippen LogP contribution in [-0.4, -0.2) is 29.1 Å². The monoisotopic (exact) mass is 202 g/mol. The molecule has 0 saturated heterocycles. The van der Waals surface area contributed by atoms with Crippen LogP contribution >= 0.6 is 12.2 Å². The molecule has 0 aromatic carbocycles. The Morgan fingerprint density at radius 1 is 1.38 bits per heavy atom. The SMILES string of the molecule is CCCCN(CC)C(=S)NC(C)C. The zero-order chi connectivity index (χ0) is 10.3. The summed E-state index contributed by atoms with van der Waals surface area (Å²) in [4.78, 5) is 2.22. The maximum atomic E-state index is 5.28. The van der Waals surface area contributed by atoms with Gasteiger partial charge in [0.25, 0.3) is 0 Å². The van der Waals surface area contributed by atoms with E-state index in [1.165, 1.54) is 12.8 Å². The van der Waals surface area contributed by atoms with Crippen LogP contribution in [0.1, 0.15) is 40.5 Å². The minimum atomic E-state index is 0.433. The Bertz CT molecular complexity index is 146. The molecule has 0 aliphatic heterocycles. The molecule has 78 valence electrons. The van der Waals surface area contributed by atoms with E-state index in [0.717, 1.165) is 18.2 Å².